The van der Waals surface area contributed by atoms with Gasteiger partial charge in [0.2, 0.25) is 5.43 Å². The molecule has 34 heavy (non-hydrogen) atoms. The second-order valence-corrected chi connectivity index (χ2v) is 10.5. The number of hydrogen-bond donors (Lipinski definition) is 1. The highest BCUT2D eigenvalue weighted by atomic mass is 32.2. The molecule has 0 aromatic carbocycles. The van der Waals surface area contributed by atoms with Crippen LogP contribution in [0.25, 0.3) is 11.0 Å². The molecule has 0 bridgehead atoms. The van der Waals surface area contributed by atoms with Crippen molar-refractivity contribution >= 4 is 38.7 Å². The first-order valence-corrected chi connectivity index (χ1v) is 12.8. The van der Waals surface area contributed by atoms with Crippen LogP contribution in [0, 0.1) is 11.2 Å². The molecule has 11 nitrogen and oxygen atoms in total. The number of carbonyl (C=O) groups is 1. The molecule has 0 radical (unpaired) electrons. The highest BCUT2D eigenvalue weighted by Gasteiger charge is 2.50. The molecular weight excluding hydrogens is 469 g/mol. The van der Waals surface area contributed by atoms with E-state index in [1.54, 1.807) is 9.47 Å². The Balaban J connectivity index is 1.59. The van der Waals surface area contributed by atoms with Crippen LogP contribution < -0.4 is 15.6 Å². The molecule has 1 saturated carbocycles. The number of nitrogens with zero attached hydrogens (tertiary/aromatic N) is 4. The molecule has 4 heterocycles. The first-order chi connectivity index (χ1) is 16.1. The molecule has 182 valence electrons. The molecule has 2 aliphatic heterocycles. The quantitative estimate of drug-likeness (QED) is 0.458. The third kappa shape index (κ3) is 3.92. The van der Waals surface area contributed by atoms with Crippen LogP contribution in [0.5, 0.6) is 0 Å². The number of rotatable bonds is 6. The Morgan fingerprint density at radius 3 is 2.71 bits per heavy atom. The summed E-state index contributed by atoms with van der Waals surface area (Å²) in [5.74, 6) is -1.94. The van der Waals surface area contributed by atoms with Crippen LogP contribution in [0.15, 0.2) is 22.2 Å². The van der Waals surface area contributed by atoms with E-state index < -0.39 is 32.9 Å². The zero-order valence-electron chi connectivity index (χ0n) is 18.7. The van der Waals surface area contributed by atoms with Crippen LogP contribution in [-0.2, 0) is 19.1 Å². The van der Waals surface area contributed by atoms with Gasteiger partial charge in [0.05, 0.1) is 29.3 Å². The second kappa shape index (κ2) is 8.01. The van der Waals surface area contributed by atoms with Crippen LogP contribution in [0.4, 0.5) is 10.2 Å². The number of carbonyl (C=O) groups excluding carboxylic acids is 1. The van der Waals surface area contributed by atoms with Gasteiger partial charge in [0, 0.05) is 31.9 Å². The fraction of sp³-hybridized carbons (Fsp3) is 0.524. The Hall–Kier alpha value is -3.06. The minimum absolute atomic E-state index is 0.0328. The van der Waals surface area contributed by atoms with E-state index in [0.29, 0.717) is 39.0 Å². The molecule has 5 rings (SSSR count). The number of pyridine rings is 2. The predicted molar refractivity (Wildman–Crippen MR) is 121 cm³/mol. The van der Waals surface area contributed by atoms with Crippen molar-refractivity contribution in [1.82, 2.24) is 14.9 Å². The standard InChI is InChI=1S/C21H24FN5O6S/c1-3-32-25-16-8-26(11-21(16)9-23-10-21)19-15(22)6-13-17(28)14(20(29)33-34(2,30)31)7-27(12-4-5-12)18(13)24-19/h6-7,12,23H,3-5,8-11H2,1-2H3/b25-16+. The monoisotopic (exact) mass is 493 g/mol. The molecule has 2 aromatic heterocycles. The van der Waals surface area contributed by atoms with E-state index in [0.717, 1.165) is 24.6 Å². The Kier molecular flexibility index (Phi) is 5.35. The van der Waals surface area contributed by atoms with E-state index >= 15 is 4.39 Å². The second-order valence-electron chi connectivity index (χ2n) is 8.95. The third-order valence-electron chi connectivity index (χ3n) is 6.30. The van der Waals surface area contributed by atoms with E-state index in [2.05, 4.69) is 19.6 Å². The van der Waals surface area contributed by atoms with Crippen molar-refractivity contribution in [1.29, 1.82) is 0 Å². The molecule has 1 aliphatic carbocycles. The molecule has 3 fully saturated rings. The van der Waals surface area contributed by atoms with Crippen LogP contribution >= 0.6 is 0 Å². The Bertz CT molecular complexity index is 1380. The summed E-state index contributed by atoms with van der Waals surface area (Å²) >= 11 is 0. The summed E-state index contributed by atoms with van der Waals surface area (Å²) in [4.78, 5) is 36.9. The largest absolute Gasteiger partial charge is 0.396 e. The lowest BCUT2D eigenvalue weighted by Gasteiger charge is -2.38. The number of oxime groups is 1. The Morgan fingerprint density at radius 1 is 1.38 bits per heavy atom. The lowest BCUT2D eigenvalue weighted by atomic mass is 9.79. The number of aromatic nitrogens is 2. The fourth-order valence-corrected chi connectivity index (χ4v) is 4.80. The van der Waals surface area contributed by atoms with Crippen molar-refractivity contribution in [3.63, 3.8) is 0 Å². The minimum Gasteiger partial charge on any atom is -0.396 e. The topological polar surface area (TPSA) is 132 Å². The molecule has 0 amide bonds. The van der Waals surface area contributed by atoms with Crippen LogP contribution in [0.3, 0.4) is 0 Å². The van der Waals surface area contributed by atoms with Gasteiger partial charge in [0.1, 0.15) is 17.8 Å². The summed E-state index contributed by atoms with van der Waals surface area (Å²) in [6.07, 6.45) is 3.55. The van der Waals surface area contributed by atoms with Crippen molar-refractivity contribution in [3.8, 4) is 0 Å². The van der Waals surface area contributed by atoms with E-state index in [1.807, 2.05) is 6.92 Å². The SMILES string of the molecule is CCO/N=C1\CN(c2nc3c(cc2F)c(=O)c(C(=O)OS(C)(=O)=O)cn3C2CC2)CC12CNC2. The molecule has 0 atom stereocenters. The lowest BCUT2D eigenvalue weighted by Crippen LogP contribution is -2.58. The number of halogens is 1. The van der Waals surface area contributed by atoms with Gasteiger partial charge in [-0.3, -0.25) is 4.79 Å². The number of hydrogen-bond acceptors (Lipinski definition) is 10. The predicted octanol–water partition coefficient (Wildman–Crippen LogP) is 0.789. The van der Waals surface area contributed by atoms with Gasteiger partial charge in [0.15, 0.2) is 11.6 Å². The van der Waals surface area contributed by atoms with Gasteiger partial charge in [-0.2, -0.15) is 8.42 Å². The van der Waals surface area contributed by atoms with Crippen LogP contribution in [0.2, 0.25) is 0 Å². The minimum atomic E-state index is -4.13. The molecule has 2 saturated heterocycles. The summed E-state index contributed by atoms with van der Waals surface area (Å²) in [7, 11) is -4.13. The Morgan fingerprint density at radius 2 is 2.12 bits per heavy atom. The molecule has 2 aromatic rings. The van der Waals surface area contributed by atoms with Crippen molar-refractivity contribution < 1.29 is 26.6 Å². The summed E-state index contributed by atoms with van der Waals surface area (Å²) in [5.41, 5.74) is -0.527. The maximum Gasteiger partial charge on any atom is 0.359 e. The highest BCUT2D eigenvalue weighted by Crippen LogP contribution is 2.39. The summed E-state index contributed by atoms with van der Waals surface area (Å²) in [6.45, 7) is 4.49. The maximum atomic E-state index is 15.3. The molecule has 0 unspecified atom stereocenters. The zero-order chi connectivity index (χ0) is 24.3. The fourth-order valence-electron chi connectivity index (χ4n) is 4.44. The maximum absolute atomic E-state index is 15.3. The van der Waals surface area contributed by atoms with Gasteiger partial charge in [-0.05, 0) is 25.8 Å². The average Bonchev–Trinajstić information content (AvgIpc) is 3.50. The molecule has 3 aliphatic rings. The van der Waals surface area contributed by atoms with E-state index in [4.69, 9.17) is 4.84 Å². The molecule has 1 spiro atoms. The number of fused-ring (bicyclic) bond motifs is 1. The van der Waals surface area contributed by atoms with Crippen LogP contribution in [0.1, 0.15) is 36.2 Å². The van der Waals surface area contributed by atoms with Crippen molar-refractivity contribution in [2.24, 2.45) is 10.6 Å². The Labute approximate surface area is 194 Å². The first-order valence-electron chi connectivity index (χ1n) is 11.0. The van der Waals surface area contributed by atoms with Gasteiger partial charge in [0.25, 0.3) is 0 Å². The molecule has 13 heteroatoms. The smallest absolute Gasteiger partial charge is 0.359 e. The van der Waals surface area contributed by atoms with Gasteiger partial charge in [-0.25, -0.2) is 14.2 Å². The van der Waals surface area contributed by atoms with Crippen LogP contribution in [-0.4, -0.2) is 68.7 Å². The highest BCUT2D eigenvalue weighted by molar-refractivity contribution is 7.86. The van der Waals surface area contributed by atoms with E-state index in [-0.39, 0.29) is 28.3 Å². The zero-order valence-corrected chi connectivity index (χ0v) is 19.5. The van der Waals surface area contributed by atoms with Gasteiger partial charge in [-0.15, -0.1) is 0 Å². The van der Waals surface area contributed by atoms with E-state index in [1.165, 1.54) is 6.20 Å². The summed E-state index contributed by atoms with van der Waals surface area (Å²) in [5, 5.41) is 7.36. The summed E-state index contributed by atoms with van der Waals surface area (Å²) in [6, 6.07) is 1.02. The van der Waals surface area contributed by atoms with Gasteiger partial charge >= 0.3 is 16.1 Å². The average molecular weight is 494 g/mol. The van der Waals surface area contributed by atoms with Crippen molar-refractivity contribution in [3.05, 3.63) is 33.9 Å². The molecular formula is C21H24FN5O6S. The lowest BCUT2D eigenvalue weighted by molar-refractivity contribution is 0.0746. The number of anilines is 1. The first kappa shape index (κ1) is 22.7. The van der Waals surface area contributed by atoms with Gasteiger partial charge in [-0.1, -0.05) is 5.16 Å². The van der Waals surface area contributed by atoms with Crippen molar-refractivity contribution in [2.45, 2.75) is 25.8 Å². The summed E-state index contributed by atoms with van der Waals surface area (Å²) < 4.78 is 44.1. The molecule has 1 N–H and O–H groups in total. The third-order valence-corrected chi connectivity index (χ3v) is 6.76. The van der Waals surface area contributed by atoms with Gasteiger partial charge < -0.3 is 23.8 Å². The normalized spacial score (nSPS) is 20.7. The van der Waals surface area contributed by atoms with E-state index in [9.17, 15) is 18.0 Å². The van der Waals surface area contributed by atoms with Crippen molar-refractivity contribution in [2.75, 3.05) is 43.9 Å². The number of nitrogens with one attached hydrogen (secondary N) is 1.